The smallest absolute Gasteiger partial charge is 0.267 e. The van der Waals surface area contributed by atoms with Gasteiger partial charge in [-0.2, -0.15) is 12.6 Å². The topological polar surface area (TPSA) is 41.6 Å². The predicted octanol–water partition coefficient (Wildman–Crippen LogP) is 1.77. The number of hydrogen-bond donors (Lipinski definition) is 2. The van der Waals surface area contributed by atoms with E-state index in [9.17, 15) is 4.79 Å². The number of amides is 1. The summed E-state index contributed by atoms with van der Waals surface area (Å²) in [6, 6.07) is 5.73. The van der Waals surface area contributed by atoms with E-state index in [-0.39, 0.29) is 5.91 Å². The first-order valence-corrected chi connectivity index (χ1v) is 6.21. The number of nitrogens with one attached hydrogen (secondary N) is 1. The molecule has 1 aliphatic rings. The molecule has 1 aromatic rings. The number of thiol groups is 1. The van der Waals surface area contributed by atoms with Crippen LogP contribution in [0.1, 0.15) is 6.92 Å². The molecule has 5 heteroatoms. The summed E-state index contributed by atoms with van der Waals surface area (Å²) in [5.41, 5.74) is 1.77. The molecular weight excluding hydrogens is 236 g/mol. The van der Waals surface area contributed by atoms with Crippen molar-refractivity contribution < 1.29 is 9.53 Å². The molecule has 0 bridgehead atoms. The van der Waals surface area contributed by atoms with E-state index in [1.54, 1.807) is 11.8 Å². The van der Waals surface area contributed by atoms with Gasteiger partial charge in [-0.15, -0.1) is 0 Å². The third-order valence-corrected chi connectivity index (χ3v) is 2.98. The number of rotatable bonds is 3. The van der Waals surface area contributed by atoms with Gasteiger partial charge < -0.3 is 15.0 Å². The minimum Gasteiger partial charge on any atom is -0.479 e. The van der Waals surface area contributed by atoms with Crippen LogP contribution < -0.4 is 15.0 Å². The summed E-state index contributed by atoms with van der Waals surface area (Å²) in [5, 5.41) is 3.05. The molecule has 1 aromatic carbocycles. The van der Waals surface area contributed by atoms with E-state index in [4.69, 9.17) is 4.74 Å². The van der Waals surface area contributed by atoms with Crippen LogP contribution in [0, 0.1) is 0 Å². The molecule has 17 heavy (non-hydrogen) atoms. The molecule has 2 rings (SSSR count). The number of carbonyl (C=O) groups is 1. The Morgan fingerprint density at radius 1 is 1.53 bits per heavy atom. The van der Waals surface area contributed by atoms with E-state index < -0.39 is 6.10 Å². The van der Waals surface area contributed by atoms with Crippen LogP contribution in [0.4, 0.5) is 11.4 Å². The Kier molecular flexibility index (Phi) is 3.47. The van der Waals surface area contributed by atoms with Gasteiger partial charge in [0.15, 0.2) is 6.10 Å². The molecule has 4 nitrogen and oxygen atoms in total. The number of hydrogen-bond acceptors (Lipinski definition) is 4. The fraction of sp³-hybridized carbons (Fsp3) is 0.417. The molecule has 1 unspecified atom stereocenters. The number of nitrogens with zero attached hydrogens (tertiary/aromatic N) is 1. The summed E-state index contributed by atoms with van der Waals surface area (Å²) in [7, 11) is 1.85. The Balaban J connectivity index is 2.43. The lowest BCUT2D eigenvalue weighted by atomic mass is 10.1. The molecule has 1 aliphatic heterocycles. The predicted molar refractivity (Wildman–Crippen MR) is 72.3 cm³/mol. The number of benzene rings is 1. The van der Waals surface area contributed by atoms with Crippen LogP contribution in [0.3, 0.4) is 0 Å². The molecule has 0 aliphatic carbocycles. The zero-order valence-corrected chi connectivity index (χ0v) is 10.8. The van der Waals surface area contributed by atoms with E-state index in [0.717, 1.165) is 17.1 Å². The van der Waals surface area contributed by atoms with Crippen LogP contribution in [0.15, 0.2) is 18.2 Å². The molecule has 0 radical (unpaired) electrons. The first-order valence-electron chi connectivity index (χ1n) is 5.58. The second-order valence-corrected chi connectivity index (χ2v) is 4.35. The lowest BCUT2D eigenvalue weighted by Crippen LogP contribution is -2.45. The first kappa shape index (κ1) is 12.1. The van der Waals surface area contributed by atoms with E-state index in [2.05, 4.69) is 17.9 Å². The van der Waals surface area contributed by atoms with Crippen molar-refractivity contribution in [3.63, 3.8) is 0 Å². The summed E-state index contributed by atoms with van der Waals surface area (Å²) >= 11 is 4.19. The van der Waals surface area contributed by atoms with Gasteiger partial charge in [0.2, 0.25) is 0 Å². The van der Waals surface area contributed by atoms with Crippen LogP contribution in [0.2, 0.25) is 0 Å². The molecule has 0 saturated heterocycles. The fourth-order valence-corrected chi connectivity index (χ4v) is 2.09. The number of carbonyl (C=O) groups excluding carboxylic acids is 1. The zero-order valence-electron chi connectivity index (χ0n) is 9.93. The van der Waals surface area contributed by atoms with Crippen LogP contribution in [0.25, 0.3) is 0 Å². The highest BCUT2D eigenvalue weighted by Crippen LogP contribution is 2.36. The van der Waals surface area contributed by atoms with Crippen molar-refractivity contribution in [2.24, 2.45) is 0 Å². The van der Waals surface area contributed by atoms with Crippen molar-refractivity contribution in [3.05, 3.63) is 18.2 Å². The van der Waals surface area contributed by atoms with Gasteiger partial charge in [-0.3, -0.25) is 4.79 Å². The third-order valence-electron chi connectivity index (χ3n) is 2.78. The van der Waals surface area contributed by atoms with Gasteiger partial charge in [-0.25, -0.2) is 0 Å². The van der Waals surface area contributed by atoms with Gasteiger partial charge in [-0.05, 0) is 25.1 Å². The second-order valence-electron chi connectivity index (χ2n) is 3.91. The average Bonchev–Trinajstić information content (AvgIpc) is 2.34. The molecule has 1 amide bonds. The first-order chi connectivity index (χ1) is 8.17. The van der Waals surface area contributed by atoms with Gasteiger partial charge in [0.05, 0.1) is 5.69 Å². The molecule has 1 atom stereocenters. The summed E-state index contributed by atoms with van der Waals surface area (Å²) in [6.07, 6.45) is -0.428. The Labute approximate surface area is 106 Å². The van der Waals surface area contributed by atoms with Gasteiger partial charge in [0.25, 0.3) is 5.91 Å². The second kappa shape index (κ2) is 4.87. The Morgan fingerprint density at radius 2 is 2.29 bits per heavy atom. The quantitative estimate of drug-likeness (QED) is 0.806. The maximum atomic E-state index is 12.0. The van der Waals surface area contributed by atoms with E-state index in [1.807, 2.05) is 25.2 Å². The standard InChI is InChI=1S/C12H16N2O2S/c1-8-12(15)14(5-6-17)10-7-9(13-2)3-4-11(10)16-8/h3-4,7-8,13,17H,5-6H2,1-2H3. The molecule has 0 fully saturated rings. The average molecular weight is 252 g/mol. The Bertz CT molecular complexity index is 437. The van der Waals surface area contributed by atoms with Crippen molar-refractivity contribution in [1.82, 2.24) is 0 Å². The molecule has 0 aromatic heterocycles. The summed E-state index contributed by atoms with van der Waals surface area (Å²) in [4.78, 5) is 13.8. The Morgan fingerprint density at radius 3 is 2.94 bits per heavy atom. The lowest BCUT2D eigenvalue weighted by molar-refractivity contribution is -0.125. The SMILES string of the molecule is CNc1ccc2c(c1)N(CCS)C(=O)C(C)O2. The van der Waals surface area contributed by atoms with Crippen molar-refractivity contribution in [3.8, 4) is 5.75 Å². The highest BCUT2D eigenvalue weighted by Gasteiger charge is 2.30. The fourth-order valence-electron chi connectivity index (χ4n) is 1.89. The normalized spacial score (nSPS) is 18.6. The van der Waals surface area contributed by atoms with Gasteiger partial charge in [-0.1, -0.05) is 0 Å². The Hall–Kier alpha value is -1.36. The minimum absolute atomic E-state index is 0.0141. The number of anilines is 2. The third kappa shape index (κ3) is 2.20. The van der Waals surface area contributed by atoms with Crippen LogP contribution in [-0.4, -0.2) is 31.4 Å². The summed E-state index contributed by atoms with van der Waals surface area (Å²) in [6.45, 7) is 2.36. The van der Waals surface area contributed by atoms with Gasteiger partial charge in [0, 0.05) is 25.0 Å². The number of ether oxygens (including phenoxy) is 1. The van der Waals surface area contributed by atoms with E-state index in [1.165, 1.54) is 0 Å². The van der Waals surface area contributed by atoms with Gasteiger partial charge >= 0.3 is 0 Å². The summed E-state index contributed by atoms with van der Waals surface area (Å²) in [5.74, 6) is 1.36. The maximum absolute atomic E-state index is 12.0. The van der Waals surface area contributed by atoms with Gasteiger partial charge in [0.1, 0.15) is 5.75 Å². The highest BCUT2D eigenvalue weighted by molar-refractivity contribution is 7.80. The monoisotopic (exact) mass is 252 g/mol. The van der Waals surface area contributed by atoms with Crippen LogP contribution in [0.5, 0.6) is 5.75 Å². The molecular formula is C12H16N2O2S. The molecule has 0 saturated carbocycles. The van der Waals surface area contributed by atoms with Crippen molar-refractivity contribution in [1.29, 1.82) is 0 Å². The maximum Gasteiger partial charge on any atom is 0.267 e. The zero-order chi connectivity index (χ0) is 12.4. The molecule has 1 heterocycles. The molecule has 0 spiro atoms. The van der Waals surface area contributed by atoms with E-state index >= 15 is 0 Å². The van der Waals surface area contributed by atoms with Crippen molar-refractivity contribution in [2.75, 3.05) is 29.6 Å². The number of fused-ring (bicyclic) bond motifs is 1. The van der Waals surface area contributed by atoms with Crippen molar-refractivity contribution >= 4 is 29.9 Å². The largest absolute Gasteiger partial charge is 0.479 e. The van der Waals surface area contributed by atoms with Crippen molar-refractivity contribution in [2.45, 2.75) is 13.0 Å². The van der Waals surface area contributed by atoms with Crippen LogP contribution in [-0.2, 0) is 4.79 Å². The van der Waals surface area contributed by atoms with E-state index in [0.29, 0.717) is 12.3 Å². The highest BCUT2D eigenvalue weighted by atomic mass is 32.1. The summed E-state index contributed by atoms with van der Waals surface area (Å²) < 4.78 is 5.58. The lowest BCUT2D eigenvalue weighted by Gasteiger charge is -2.33. The minimum atomic E-state index is -0.428. The molecule has 92 valence electrons. The molecule has 1 N–H and O–H groups in total. The van der Waals surface area contributed by atoms with Crippen LogP contribution >= 0.6 is 12.6 Å².